The third kappa shape index (κ3) is 1.80. The number of halogens is 1. The normalized spacial score (nSPS) is 11.4. The average Bonchev–Trinajstić information content (AvgIpc) is 2.19. The lowest BCUT2D eigenvalue weighted by Gasteiger charge is -2.14. The van der Waals surface area contributed by atoms with Crippen molar-refractivity contribution in [3.8, 4) is 0 Å². The summed E-state index contributed by atoms with van der Waals surface area (Å²) in [6.45, 7) is 8.40. The van der Waals surface area contributed by atoms with Gasteiger partial charge >= 0.3 is 0 Å². The van der Waals surface area contributed by atoms with Crippen LogP contribution in [-0.2, 0) is 0 Å². The van der Waals surface area contributed by atoms with Crippen molar-refractivity contribution in [3.63, 3.8) is 0 Å². The monoisotopic (exact) mass is 233 g/mol. The molecule has 0 aliphatic rings. The molecule has 2 rings (SSSR count). The molecular weight excluding hydrogens is 218 g/mol. The minimum atomic E-state index is 0.407. The second-order valence-electron chi connectivity index (χ2n) is 4.60. The first kappa shape index (κ1) is 11.4. The Morgan fingerprint density at radius 2 is 1.88 bits per heavy atom. The maximum atomic E-state index is 6.47. The molecule has 2 aromatic rings. The van der Waals surface area contributed by atoms with E-state index in [1.165, 1.54) is 11.1 Å². The molecule has 0 atom stereocenters. The number of aromatic nitrogens is 1. The maximum Gasteiger partial charge on any atom is 0.0720 e. The summed E-state index contributed by atoms with van der Waals surface area (Å²) in [5.74, 6) is 0.407. The van der Waals surface area contributed by atoms with Crippen molar-refractivity contribution < 1.29 is 0 Å². The van der Waals surface area contributed by atoms with E-state index in [9.17, 15) is 0 Å². The zero-order valence-corrected chi connectivity index (χ0v) is 10.9. The van der Waals surface area contributed by atoms with Crippen LogP contribution in [0, 0.1) is 13.8 Å². The van der Waals surface area contributed by atoms with Crippen molar-refractivity contribution in [1.29, 1.82) is 0 Å². The van der Waals surface area contributed by atoms with Crippen molar-refractivity contribution >= 4 is 22.5 Å². The smallest absolute Gasteiger partial charge is 0.0720 e. The van der Waals surface area contributed by atoms with Gasteiger partial charge in [-0.3, -0.25) is 4.98 Å². The Morgan fingerprint density at radius 3 is 2.50 bits per heavy atom. The second-order valence-corrected chi connectivity index (χ2v) is 4.98. The topological polar surface area (TPSA) is 12.9 Å². The van der Waals surface area contributed by atoms with Gasteiger partial charge in [-0.2, -0.15) is 0 Å². The predicted molar refractivity (Wildman–Crippen MR) is 70.3 cm³/mol. The summed E-state index contributed by atoms with van der Waals surface area (Å²) in [6.07, 6.45) is 0. The molecule has 1 nitrogen and oxygen atoms in total. The molecule has 84 valence electrons. The van der Waals surface area contributed by atoms with Gasteiger partial charge in [0.25, 0.3) is 0 Å². The fourth-order valence-electron chi connectivity index (χ4n) is 2.14. The van der Waals surface area contributed by atoms with Gasteiger partial charge in [-0.25, -0.2) is 0 Å². The predicted octanol–water partition coefficient (Wildman–Crippen LogP) is 4.63. The first-order valence-electron chi connectivity index (χ1n) is 5.57. The summed E-state index contributed by atoms with van der Waals surface area (Å²) in [5.41, 5.74) is 4.41. The zero-order valence-electron chi connectivity index (χ0n) is 10.1. The number of aryl methyl sites for hydroxylation is 2. The third-order valence-corrected chi connectivity index (χ3v) is 3.29. The number of fused-ring (bicyclic) bond motifs is 1. The van der Waals surface area contributed by atoms with Gasteiger partial charge in [0.1, 0.15) is 0 Å². The third-order valence-electron chi connectivity index (χ3n) is 2.88. The van der Waals surface area contributed by atoms with Gasteiger partial charge in [0.2, 0.25) is 0 Å². The number of hydrogen-bond donors (Lipinski definition) is 0. The van der Waals surface area contributed by atoms with Crippen LogP contribution in [0.2, 0.25) is 5.02 Å². The highest BCUT2D eigenvalue weighted by Crippen LogP contribution is 2.33. The molecule has 0 aliphatic carbocycles. The van der Waals surface area contributed by atoms with Crippen LogP contribution in [0.3, 0.4) is 0 Å². The molecule has 0 bridgehead atoms. The Kier molecular flexibility index (Phi) is 2.90. The van der Waals surface area contributed by atoms with E-state index in [1.807, 2.05) is 13.0 Å². The van der Waals surface area contributed by atoms with Crippen LogP contribution in [0.15, 0.2) is 18.2 Å². The highest BCUT2D eigenvalue weighted by Gasteiger charge is 2.13. The van der Waals surface area contributed by atoms with Gasteiger partial charge in [0, 0.05) is 11.1 Å². The summed E-state index contributed by atoms with van der Waals surface area (Å²) < 4.78 is 0. The standard InChI is InChI=1S/C14H16ClN/c1-8(2)13-10(4)16-12-6-5-9(3)7-11(12)14(13)15/h5-8H,1-4H3. The number of benzene rings is 1. The number of rotatable bonds is 1. The van der Waals surface area contributed by atoms with Crippen molar-refractivity contribution in [2.75, 3.05) is 0 Å². The van der Waals surface area contributed by atoms with Gasteiger partial charge in [-0.15, -0.1) is 0 Å². The average molecular weight is 234 g/mol. The van der Waals surface area contributed by atoms with E-state index in [-0.39, 0.29) is 0 Å². The Hall–Kier alpha value is -1.08. The van der Waals surface area contributed by atoms with Gasteiger partial charge < -0.3 is 0 Å². The molecule has 0 unspecified atom stereocenters. The molecule has 2 heteroatoms. The Bertz CT molecular complexity index is 544. The molecule has 0 aliphatic heterocycles. The molecule has 1 heterocycles. The van der Waals surface area contributed by atoms with Crippen LogP contribution in [0.25, 0.3) is 10.9 Å². The van der Waals surface area contributed by atoms with Crippen LogP contribution >= 0.6 is 11.6 Å². The fourth-order valence-corrected chi connectivity index (χ4v) is 2.65. The van der Waals surface area contributed by atoms with Crippen molar-refractivity contribution in [3.05, 3.63) is 40.0 Å². The lowest BCUT2D eigenvalue weighted by Crippen LogP contribution is -1.98. The SMILES string of the molecule is Cc1ccc2nc(C)c(C(C)C)c(Cl)c2c1. The van der Waals surface area contributed by atoms with Crippen molar-refractivity contribution in [2.24, 2.45) is 0 Å². The van der Waals surface area contributed by atoms with Crippen LogP contribution in [0.1, 0.15) is 36.6 Å². The molecule has 1 aromatic heterocycles. The van der Waals surface area contributed by atoms with E-state index in [4.69, 9.17) is 11.6 Å². The highest BCUT2D eigenvalue weighted by molar-refractivity contribution is 6.36. The lowest BCUT2D eigenvalue weighted by atomic mass is 9.99. The van der Waals surface area contributed by atoms with Gasteiger partial charge in [0.05, 0.1) is 10.5 Å². The molecule has 0 N–H and O–H groups in total. The van der Waals surface area contributed by atoms with Crippen LogP contribution in [0.4, 0.5) is 0 Å². The molecule has 1 aromatic carbocycles. The lowest BCUT2D eigenvalue weighted by molar-refractivity contribution is 0.848. The summed E-state index contributed by atoms with van der Waals surface area (Å²) in [6, 6.07) is 6.21. The summed E-state index contributed by atoms with van der Waals surface area (Å²) >= 11 is 6.47. The molecule has 0 fully saturated rings. The van der Waals surface area contributed by atoms with Gasteiger partial charge in [0.15, 0.2) is 0 Å². The van der Waals surface area contributed by atoms with E-state index in [2.05, 4.69) is 37.9 Å². The number of hydrogen-bond acceptors (Lipinski definition) is 1. The fraction of sp³-hybridized carbons (Fsp3) is 0.357. The minimum absolute atomic E-state index is 0.407. The Balaban J connectivity index is 2.85. The van der Waals surface area contributed by atoms with E-state index in [0.29, 0.717) is 5.92 Å². The zero-order chi connectivity index (χ0) is 11.9. The molecule has 16 heavy (non-hydrogen) atoms. The van der Waals surface area contributed by atoms with E-state index < -0.39 is 0 Å². The second kappa shape index (κ2) is 4.06. The maximum absolute atomic E-state index is 6.47. The summed E-state index contributed by atoms with van der Waals surface area (Å²) in [4.78, 5) is 4.61. The van der Waals surface area contributed by atoms with Crippen molar-refractivity contribution in [2.45, 2.75) is 33.6 Å². The molecular formula is C14H16ClN. The number of pyridine rings is 1. The minimum Gasteiger partial charge on any atom is -0.253 e. The molecule has 0 radical (unpaired) electrons. The quantitative estimate of drug-likeness (QED) is 0.700. The first-order chi connectivity index (χ1) is 7.50. The summed E-state index contributed by atoms with van der Waals surface area (Å²) in [5, 5.41) is 1.93. The number of nitrogens with zero attached hydrogens (tertiary/aromatic N) is 1. The largest absolute Gasteiger partial charge is 0.253 e. The van der Waals surface area contributed by atoms with E-state index >= 15 is 0 Å². The van der Waals surface area contributed by atoms with Crippen LogP contribution in [0.5, 0.6) is 0 Å². The first-order valence-corrected chi connectivity index (χ1v) is 5.95. The van der Waals surface area contributed by atoms with Gasteiger partial charge in [-0.05, 0) is 37.5 Å². The molecule has 0 amide bonds. The Labute approximate surface area is 101 Å². The molecule has 0 spiro atoms. The summed E-state index contributed by atoms with van der Waals surface area (Å²) in [7, 11) is 0. The van der Waals surface area contributed by atoms with Crippen molar-refractivity contribution in [1.82, 2.24) is 4.98 Å². The highest BCUT2D eigenvalue weighted by atomic mass is 35.5. The molecule has 0 saturated carbocycles. The van der Waals surface area contributed by atoms with Crippen LogP contribution in [-0.4, -0.2) is 4.98 Å². The van der Waals surface area contributed by atoms with E-state index in [0.717, 1.165) is 21.6 Å². The van der Waals surface area contributed by atoms with Crippen LogP contribution < -0.4 is 0 Å². The van der Waals surface area contributed by atoms with Gasteiger partial charge in [-0.1, -0.05) is 37.1 Å². The molecule has 0 saturated heterocycles. The van der Waals surface area contributed by atoms with E-state index in [1.54, 1.807) is 0 Å². The Morgan fingerprint density at radius 1 is 1.19 bits per heavy atom.